The number of halogens is 1. The quantitative estimate of drug-likeness (QED) is 0.661. The molecule has 0 aliphatic carbocycles. The highest BCUT2D eigenvalue weighted by atomic mass is 35.5. The summed E-state index contributed by atoms with van der Waals surface area (Å²) in [6.45, 7) is 7.16. The fraction of sp³-hybridized carbons (Fsp3) is 0.923. The highest BCUT2D eigenvalue weighted by Crippen LogP contribution is 2.21. The number of carbonyl (C=O) groups excluding carboxylic acids is 1. The number of nitrogens with one attached hydrogen (secondary N) is 1. The van der Waals surface area contributed by atoms with E-state index in [-0.39, 0.29) is 30.5 Å². The van der Waals surface area contributed by atoms with E-state index in [0.29, 0.717) is 12.0 Å². The molecule has 0 aliphatic heterocycles. The van der Waals surface area contributed by atoms with Crippen LogP contribution in [0.5, 0.6) is 0 Å². The van der Waals surface area contributed by atoms with Crippen molar-refractivity contribution in [2.75, 3.05) is 18.6 Å². The van der Waals surface area contributed by atoms with Gasteiger partial charge in [0, 0.05) is 12.8 Å². The van der Waals surface area contributed by atoms with Crippen molar-refractivity contribution in [2.45, 2.75) is 52.5 Å². The third kappa shape index (κ3) is 14.1. The van der Waals surface area contributed by atoms with Crippen LogP contribution < -0.4 is 11.1 Å². The van der Waals surface area contributed by atoms with Crippen molar-refractivity contribution in [3.63, 3.8) is 0 Å². The Morgan fingerprint density at radius 1 is 1.25 bits per heavy atom. The van der Waals surface area contributed by atoms with Crippen LogP contribution in [0.4, 0.5) is 0 Å². The van der Waals surface area contributed by atoms with Gasteiger partial charge in [-0.1, -0.05) is 27.2 Å². The monoisotopic (exact) mass is 328 g/mol. The summed E-state index contributed by atoms with van der Waals surface area (Å²) >= 11 is 0. The van der Waals surface area contributed by atoms with Crippen LogP contribution >= 0.6 is 12.4 Å². The van der Waals surface area contributed by atoms with Crippen LogP contribution in [0.25, 0.3) is 0 Å². The maximum absolute atomic E-state index is 11.6. The first-order chi connectivity index (χ1) is 8.51. The smallest absolute Gasteiger partial charge is 0.236 e. The van der Waals surface area contributed by atoms with Gasteiger partial charge in [0.25, 0.3) is 0 Å². The molecule has 3 N–H and O–H groups in total. The summed E-state index contributed by atoms with van der Waals surface area (Å²) in [5.41, 5.74) is 5.95. The number of nitrogens with two attached hydrogens (primary N) is 1. The third-order valence-electron chi connectivity index (χ3n) is 2.79. The predicted octanol–water partition coefficient (Wildman–Crippen LogP) is 1.50. The Balaban J connectivity index is 0. The number of carbonyl (C=O) groups is 1. The van der Waals surface area contributed by atoms with E-state index in [1.807, 2.05) is 0 Å². The minimum atomic E-state index is -3.06. The molecule has 0 aromatic rings. The zero-order chi connectivity index (χ0) is 15.1. The van der Waals surface area contributed by atoms with Crippen molar-refractivity contribution >= 4 is 28.2 Å². The van der Waals surface area contributed by atoms with Crippen molar-refractivity contribution in [2.24, 2.45) is 11.1 Å². The van der Waals surface area contributed by atoms with E-state index >= 15 is 0 Å². The lowest BCUT2D eigenvalue weighted by Gasteiger charge is -2.17. The van der Waals surface area contributed by atoms with Gasteiger partial charge in [0.15, 0.2) is 0 Å². The molecule has 0 saturated carbocycles. The number of hydrogen-bond donors (Lipinski definition) is 2. The van der Waals surface area contributed by atoms with E-state index in [0.717, 1.165) is 25.5 Å². The standard InChI is InChI=1S/C13H28N2O3S.ClH/c1-13(2,3)8-5-6-9-15-12(16)11(14)7-10-19(4,17)18;/h11H,5-10,14H2,1-4H3,(H,15,16);1H. The largest absolute Gasteiger partial charge is 0.355 e. The average molecular weight is 329 g/mol. The van der Waals surface area contributed by atoms with E-state index in [1.54, 1.807) is 0 Å². The maximum Gasteiger partial charge on any atom is 0.236 e. The highest BCUT2D eigenvalue weighted by Gasteiger charge is 2.15. The van der Waals surface area contributed by atoms with Crippen molar-refractivity contribution in [1.29, 1.82) is 0 Å². The Labute approximate surface area is 129 Å². The summed E-state index contributed by atoms with van der Waals surface area (Å²) in [6.07, 6.45) is 4.41. The van der Waals surface area contributed by atoms with Crippen LogP contribution in [0.15, 0.2) is 0 Å². The van der Waals surface area contributed by atoms with E-state index in [2.05, 4.69) is 26.1 Å². The highest BCUT2D eigenvalue weighted by molar-refractivity contribution is 7.90. The number of unbranched alkanes of at least 4 members (excludes halogenated alkanes) is 1. The SMILES string of the molecule is CC(C)(C)CCCCNC(=O)C(N)CCS(C)(=O)=O.Cl. The molecule has 0 rings (SSSR count). The number of hydrogen-bond acceptors (Lipinski definition) is 4. The second-order valence-corrected chi connectivity index (χ2v) is 8.59. The molecule has 122 valence electrons. The van der Waals surface area contributed by atoms with Gasteiger partial charge in [0.05, 0.1) is 11.8 Å². The van der Waals surface area contributed by atoms with Gasteiger partial charge in [-0.05, 0) is 24.7 Å². The number of sulfone groups is 1. The molecule has 5 nitrogen and oxygen atoms in total. The molecular formula is C13H29ClN2O3S. The molecule has 0 saturated heterocycles. The zero-order valence-corrected chi connectivity index (χ0v) is 14.6. The Morgan fingerprint density at radius 3 is 2.25 bits per heavy atom. The first kappa shape index (κ1) is 22.0. The van der Waals surface area contributed by atoms with E-state index in [4.69, 9.17) is 5.73 Å². The molecule has 0 aromatic carbocycles. The fourth-order valence-corrected chi connectivity index (χ4v) is 2.28. The molecule has 1 unspecified atom stereocenters. The second kappa shape index (κ2) is 9.58. The van der Waals surface area contributed by atoms with Gasteiger partial charge in [0.2, 0.25) is 5.91 Å². The number of rotatable bonds is 8. The first-order valence-corrected chi connectivity index (χ1v) is 8.78. The van der Waals surface area contributed by atoms with Crippen molar-refractivity contribution < 1.29 is 13.2 Å². The summed E-state index contributed by atoms with van der Waals surface area (Å²) < 4.78 is 21.9. The van der Waals surface area contributed by atoms with E-state index in [1.165, 1.54) is 0 Å². The molecule has 0 spiro atoms. The summed E-state index contributed by atoms with van der Waals surface area (Å²) in [5, 5.41) is 2.75. The minimum Gasteiger partial charge on any atom is -0.355 e. The Hall–Kier alpha value is -0.330. The van der Waals surface area contributed by atoms with E-state index < -0.39 is 15.9 Å². The summed E-state index contributed by atoms with van der Waals surface area (Å²) in [6, 6.07) is -0.739. The third-order valence-corrected chi connectivity index (χ3v) is 3.77. The summed E-state index contributed by atoms with van der Waals surface area (Å²) in [7, 11) is -3.06. The average Bonchev–Trinajstić information content (AvgIpc) is 2.22. The molecule has 1 amide bonds. The Bertz CT molecular complexity index is 378. The molecule has 0 aromatic heterocycles. The molecule has 0 aliphatic rings. The topological polar surface area (TPSA) is 89.3 Å². The van der Waals surface area contributed by atoms with Gasteiger partial charge in [-0.3, -0.25) is 4.79 Å². The van der Waals surface area contributed by atoms with Crippen LogP contribution in [0, 0.1) is 5.41 Å². The van der Waals surface area contributed by atoms with Crippen LogP contribution in [0.3, 0.4) is 0 Å². The summed E-state index contributed by atoms with van der Waals surface area (Å²) in [4.78, 5) is 11.6. The zero-order valence-electron chi connectivity index (χ0n) is 12.9. The van der Waals surface area contributed by atoms with Gasteiger partial charge in [-0.2, -0.15) is 0 Å². The summed E-state index contributed by atoms with van der Waals surface area (Å²) in [5.74, 6) is -0.314. The van der Waals surface area contributed by atoms with Gasteiger partial charge in [0.1, 0.15) is 9.84 Å². The van der Waals surface area contributed by atoms with Crippen molar-refractivity contribution in [3.8, 4) is 0 Å². The predicted molar refractivity (Wildman–Crippen MR) is 85.9 cm³/mol. The van der Waals surface area contributed by atoms with Crippen LogP contribution in [-0.2, 0) is 14.6 Å². The fourth-order valence-electron chi connectivity index (χ4n) is 1.60. The first-order valence-electron chi connectivity index (χ1n) is 6.72. The Morgan fingerprint density at radius 2 is 1.80 bits per heavy atom. The minimum absolute atomic E-state index is 0. The van der Waals surface area contributed by atoms with Crippen LogP contribution in [0.1, 0.15) is 46.5 Å². The lowest BCUT2D eigenvalue weighted by molar-refractivity contribution is -0.122. The van der Waals surface area contributed by atoms with Gasteiger partial charge < -0.3 is 11.1 Å². The van der Waals surface area contributed by atoms with Crippen molar-refractivity contribution in [1.82, 2.24) is 5.32 Å². The lowest BCUT2D eigenvalue weighted by atomic mass is 9.90. The lowest BCUT2D eigenvalue weighted by Crippen LogP contribution is -2.41. The van der Waals surface area contributed by atoms with Gasteiger partial charge >= 0.3 is 0 Å². The maximum atomic E-state index is 11.6. The van der Waals surface area contributed by atoms with Gasteiger partial charge in [-0.15, -0.1) is 12.4 Å². The molecule has 0 radical (unpaired) electrons. The normalized spacial score (nSPS) is 13.4. The molecule has 20 heavy (non-hydrogen) atoms. The van der Waals surface area contributed by atoms with Crippen molar-refractivity contribution in [3.05, 3.63) is 0 Å². The van der Waals surface area contributed by atoms with Crippen LogP contribution in [0.2, 0.25) is 0 Å². The molecule has 0 bridgehead atoms. The molecule has 7 heteroatoms. The van der Waals surface area contributed by atoms with Crippen LogP contribution in [-0.4, -0.2) is 38.9 Å². The molecule has 0 heterocycles. The molecular weight excluding hydrogens is 300 g/mol. The van der Waals surface area contributed by atoms with E-state index in [9.17, 15) is 13.2 Å². The Kier molecular flexibility index (Phi) is 10.5. The van der Waals surface area contributed by atoms with Gasteiger partial charge in [-0.25, -0.2) is 8.42 Å². The molecule has 1 atom stereocenters. The number of amides is 1. The molecule has 0 fully saturated rings. The second-order valence-electron chi connectivity index (χ2n) is 6.33.